The van der Waals surface area contributed by atoms with E-state index in [1.54, 1.807) is 7.11 Å². The molecule has 0 saturated carbocycles. The molecule has 28 heavy (non-hydrogen) atoms. The van der Waals surface area contributed by atoms with Gasteiger partial charge in [-0.15, -0.1) is 5.92 Å². The zero-order valence-corrected chi connectivity index (χ0v) is 17.3. The first-order valence-corrected chi connectivity index (χ1v) is 10.1. The molecule has 0 fully saturated rings. The highest BCUT2D eigenvalue weighted by Crippen LogP contribution is 2.35. The van der Waals surface area contributed by atoms with Crippen molar-refractivity contribution in [3.8, 4) is 11.8 Å². The Morgan fingerprint density at radius 1 is 1.43 bits per heavy atom. The molecule has 1 aliphatic rings. The zero-order valence-electron chi connectivity index (χ0n) is 17.3. The Morgan fingerprint density at radius 2 is 2.25 bits per heavy atom. The fourth-order valence-corrected chi connectivity index (χ4v) is 4.05. The third kappa shape index (κ3) is 4.40. The molecule has 0 saturated heterocycles. The molecule has 1 aliphatic heterocycles. The number of aromatic nitrogens is 1. The maximum Gasteiger partial charge on any atom is 0.237 e. The smallest absolute Gasteiger partial charge is 0.237 e. The van der Waals surface area contributed by atoms with Crippen molar-refractivity contribution in [1.29, 1.82) is 0 Å². The molecule has 0 aliphatic carbocycles. The maximum absolute atomic E-state index is 12.8. The number of carbonyl (C=O) groups is 1. The highest BCUT2D eigenvalue weighted by atomic mass is 16.5. The minimum atomic E-state index is -0.260. The summed E-state index contributed by atoms with van der Waals surface area (Å²) in [5, 5.41) is 7.92. The summed E-state index contributed by atoms with van der Waals surface area (Å²) in [7, 11) is 1.64. The standard InChI is InChI=1S/C23H31N3O2/c1-5-6-11-26-15-17-14-20(23(27)24-10-12-28-4)25-19(13-16(2)3)18-8-7-9-21(26)22(17)18/h7-9,15-16,19-20,25H,10-14H2,1-4H3,(H,24,27). The van der Waals surface area contributed by atoms with Gasteiger partial charge in [0, 0.05) is 36.8 Å². The van der Waals surface area contributed by atoms with Crippen molar-refractivity contribution in [3.63, 3.8) is 0 Å². The number of amides is 1. The van der Waals surface area contributed by atoms with Crippen molar-refractivity contribution >= 4 is 16.8 Å². The molecule has 5 heteroatoms. The molecule has 0 radical (unpaired) electrons. The van der Waals surface area contributed by atoms with E-state index in [2.05, 4.69) is 65.3 Å². The highest BCUT2D eigenvalue weighted by Gasteiger charge is 2.30. The first kappa shape index (κ1) is 20.4. The van der Waals surface area contributed by atoms with Crippen LogP contribution in [0.25, 0.3) is 10.9 Å². The first-order valence-electron chi connectivity index (χ1n) is 10.1. The lowest BCUT2D eigenvalue weighted by Gasteiger charge is -2.25. The van der Waals surface area contributed by atoms with E-state index in [1.165, 1.54) is 22.0 Å². The van der Waals surface area contributed by atoms with Crippen LogP contribution in [0.2, 0.25) is 0 Å². The van der Waals surface area contributed by atoms with E-state index < -0.39 is 0 Å². The third-order valence-electron chi connectivity index (χ3n) is 5.27. The van der Waals surface area contributed by atoms with Gasteiger partial charge in [0.05, 0.1) is 19.2 Å². The van der Waals surface area contributed by atoms with Crippen LogP contribution in [0.3, 0.4) is 0 Å². The fraction of sp³-hybridized carbons (Fsp3) is 0.522. The van der Waals surface area contributed by atoms with Gasteiger partial charge in [0.15, 0.2) is 0 Å². The number of ether oxygens (including phenoxy) is 1. The number of nitrogens with one attached hydrogen (secondary N) is 2. The van der Waals surface area contributed by atoms with Crippen LogP contribution in [-0.2, 0) is 22.5 Å². The molecule has 2 atom stereocenters. The van der Waals surface area contributed by atoms with Gasteiger partial charge in [-0.05, 0) is 42.9 Å². The number of hydrogen-bond acceptors (Lipinski definition) is 3. The molecule has 2 N–H and O–H groups in total. The molecule has 2 aromatic rings. The fourth-order valence-electron chi connectivity index (χ4n) is 4.05. The molecule has 0 bridgehead atoms. The largest absolute Gasteiger partial charge is 0.383 e. The summed E-state index contributed by atoms with van der Waals surface area (Å²) in [6.45, 7) is 8.03. The van der Waals surface area contributed by atoms with E-state index in [0.717, 1.165) is 6.42 Å². The predicted molar refractivity (Wildman–Crippen MR) is 113 cm³/mol. The molecule has 1 aromatic carbocycles. The van der Waals surface area contributed by atoms with Crippen LogP contribution in [0.1, 0.15) is 44.4 Å². The Morgan fingerprint density at radius 3 is 2.96 bits per heavy atom. The second-order valence-corrected chi connectivity index (χ2v) is 7.84. The summed E-state index contributed by atoms with van der Waals surface area (Å²) in [6.07, 6.45) is 3.83. The van der Waals surface area contributed by atoms with Gasteiger partial charge in [0.1, 0.15) is 0 Å². The SMILES string of the molecule is CC#CCn1cc2c3c(cccc31)C(CC(C)C)NC(C(=O)NCCOC)C2. The summed E-state index contributed by atoms with van der Waals surface area (Å²) >= 11 is 0. The van der Waals surface area contributed by atoms with E-state index in [-0.39, 0.29) is 18.0 Å². The van der Waals surface area contributed by atoms with Gasteiger partial charge in [-0.3, -0.25) is 10.1 Å². The summed E-state index contributed by atoms with van der Waals surface area (Å²) in [4.78, 5) is 12.8. The second-order valence-electron chi connectivity index (χ2n) is 7.84. The van der Waals surface area contributed by atoms with Crippen LogP contribution in [-0.4, -0.2) is 36.8 Å². The van der Waals surface area contributed by atoms with Gasteiger partial charge in [-0.1, -0.05) is 31.9 Å². The average molecular weight is 382 g/mol. The van der Waals surface area contributed by atoms with E-state index in [1.807, 2.05) is 6.92 Å². The van der Waals surface area contributed by atoms with Crippen molar-refractivity contribution in [2.24, 2.45) is 5.92 Å². The van der Waals surface area contributed by atoms with Gasteiger partial charge in [0.2, 0.25) is 5.91 Å². The zero-order chi connectivity index (χ0) is 20.1. The van der Waals surface area contributed by atoms with Crippen LogP contribution in [0.5, 0.6) is 0 Å². The molecule has 150 valence electrons. The molecule has 5 nitrogen and oxygen atoms in total. The Bertz CT molecular complexity index is 888. The Kier molecular flexibility index (Phi) is 6.77. The van der Waals surface area contributed by atoms with Crippen LogP contribution in [0.4, 0.5) is 0 Å². The molecule has 3 rings (SSSR count). The van der Waals surface area contributed by atoms with Gasteiger partial charge in [-0.25, -0.2) is 0 Å². The average Bonchev–Trinajstić information content (AvgIpc) is 2.94. The number of hydrogen-bond donors (Lipinski definition) is 2. The van der Waals surface area contributed by atoms with Gasteiger partial charge in [0.25, 0.3) is 0 Å². The summed E-state index contributed by atoms with van der Waals surface area (Å²) in [6, 6.07) is 6.36. The topological polar surface area (TPSA) is 55.3 Å². The Balaban J connectivity index is 2.00. The first-order chi connectivity index (χ1) is 13.5. The molecule has 1 amide bonds. The summed E-state index contributed by atoms with van der Waals surface area (Å²) in [5.41, 5.74) is 3.71. The van der Waals surface area contributed by atoms with E-state index in [9.17, 15) is 4.79 Å². The van der Waals surface area contributed by atoms with Crippen molar-refractivity contribution in [2.45, 2.75) is 52.2 Å². The van der Waals surface area contributed by atoms with Gasteiger partial charge in [-0.2, -0.15) is 0 Å². The molecule has 0 spiro atoms. The minimum absolute atomic E-state index is 0.0351. The van der Waals surface area contributed by atoms with Crippen molar-refractivity contribution < 1.29 is 9.53 Å². The van der Waals surface area contributed by atoms with Crippen LogP contribution >= 0.6 is 0 Å². The lowest BCUT2D eigenvalue weighted by molar-refractivity contribution is -0.123. The van der Waals surface area contributed by atoms with Crippen molar-refractivity contribution in [1.82, 2.24) is 15.2 Å². The third-order valence-corrected chi connectivity index (χ3v) is 5.27. The van der Waals surface area contributed by atoms with Crippen molar-refractivity contribution in [3.05, 3.63) is 35.5 Å². The number of rotatable bonds is 7. The monoisotopic (exact) mass is 381 g/mol. The number of nitrogens with zero attached hydrogens (tertiary/aromatic N) is 1. The van der Waals surface area contributed by atoms with Gasteiger partial charge >= 0.3 is 0 Å². The number of benzene rings is 1. The molecule has 2 unspecified atom stereocenters. The van der Waals surface area contributed by atoms with Gasteiger partial charge < -0.3 is 14.6 Å². The lowest BCUT2D eigenvalue weighted by atomic mass is 9.94. The minimum Gasteiger partial charge on any atom is -0.383 e. The van der Waals surface area contributed by atoms with Crippen LogP contribution in [0, 0.1) is 17.8 Å². The van der Waals surface area contributed by atoms with E-state index >= 15 is 0 Å². The van der Waals surface area contributed by atoms with Crippen molar-refractivity contribution in [2.75, 3.05) is 20.3 Å². The molecular weight excluding hydrogens is 350 g/mol. The quantitative estimate of drug-likeness (QED) is 0.573. The van der Waals surface area contributed by atoms with Crippen LogP contribution < -0.4 is 10.6 Å². The second kappa shape index (κ2) is 9.27. The lowest BCUT2D eigenvalue weighted by Crippen LogP contribution is -2.47. The normalized spacial score (nSPS) is 18.6. The molecular formula is C23H31N3O2. The number of carbonyl (C=O) groups excluding carboxylic acids is 1. The highest BCUT2D eigenvalue weighted by molar-refractivity contribution is 5.90. The predicted octanol–water partition coefficient (Wildman–Crippen LogP) is 3.03. The summed E-state index contributed by atoms with van der Waals surface area (Å²) < 4.78 is 7.28. The number of methoxy groups -OCH3 is 1. The summed E-state index contributed by atoms with van der Waals surface area (Å²) in [5.74, 6) is 6.71. The maximum atomic E-state index is 12.8. The molecule has 2 heterocycles. The van der Waals surface area contributed by atoms with E-state index in [0.29, 0.717) is 32.0 Å². The Labute approximate surface area is 167 Å². The molecule has 1 aromatic heterocycles. The Hall–Kier alpha value is -2.29. The van der Waals surface area contributed by atoms with E-state index in [4.69, 9.17) is 4.74 Å². The van der Waals surface area contributed by atoms with Crippen LogP contribution in [0.15, 0.2) is 24.4 Å².